The Morgan fingerprint density at radius 3 is 2.29 bits per heavy atom. The molecule has 0 radical (unpaired) electrons. The van der Waals surface area contributed by atoms with E-state index in [0.29, 0.717) is 22.2 Å². The molecule has 0 bridgehead atoms. The van der Waals surface area contributed by atoms with E-state index in [-0.39, 0.29) is 17.1 Å². The number of aryl methyl sites for hydroxylation is 1. The highest BCUT2D eigenvalue weighted by Gasteiger charge is 2.16. The van der Waals surface area contributed by atoms with Crippen LogP contribution < -0.4 is 16.2 Å². The van der Waals surface area contributed by atoms with E-state index in [1.165, 1.54) is 0 Å². The van der Waals surface area contributed by atoms with Crippen molar-refractivity contribution in [2.45, 2.75) is 6.92 Å². The number of pyridine rings is 1. The van der Waals surface area contributed by atoms with Crippen molar-refractivity contribution in [3.8, 4) is 11.3 Å². The van der Waals surface area contributed by atoms with Crippen LogP contribution in [0.1, 0.15) is 26.3 Å². The van der Waals surface area contributed by atoms with E-state index in [1.807, 2.05) is 49.4 Å². The van der Waals surface area contributed by atoms with Gasteiger partial charge in [-0.05, 0) is 31.2 Å². The SMILES string of the molecule is Cc1ccc(-c2cc(C(=O)NNC(=O)CNC(=O)c3ccccc3Cl)c3ccccc3n2)cc1. The number of carbonyl (C=O) groups is 3. The van der Waals surface area contributed by atoms with Crippen LogP contribution in [0.25, 0.3) is 22.2 Å². The molecule has 0 aliphatic rings. The summed E-state index contributed by atoms with van der Waals surface area (Å²) in [5.41, 5.74) is 8.64. The number of aromatic nitrogens is 1. The molecule has 8 heteroatoms. The van der Waals surface area contributed by atoms with Crippen molar-refractivity contribution in [1.82, 2.24) is 21.2 Å². The highest BCUT2D eigenvalue weighted by molar-refractivity contribution is 6.33. The Balaban J connectivity index is 1.46. The van der Waals surface area contributed by atoms with Crippen LogP contribution in [0.2, 0.25) is 5.02 Å². The molecular formula is C26H21ClN4O3. The van der Waals surface area contributed by atoms with E-state index < -0.39 is 17.7 Å². The standard InChI is InChI=1S/C26H21ClN4O3/c1-16-10-12-17(13-11-16)23-14-20(18-6-3-5-9-22(18)29-23)26(34)31-30-24(32)15-28-25(33)19-7-2-4-8-21(19)27/h2-14H,15H2,1H3,(H,28,33)(H,30,32)(H,31,34). The maximum atomic E-state index is 12.9. The predicted molar refractivity (Wildman–Crippen MR) is 131 cm³/mol. The lowest BCUT2D eigenvalue weighted by Crippen LogP contribution is -2.46. The number of benzene rings is 3. The van der Waals surface area contributed by atoms with Gasteiger partial charge in [0.2, 0.25) is 0 Å². The summed E-state index contributed by atoms with van der Waals surface area (Å²) in [4.78, 5) is 42.0. The maximum Gasteiger partial charge on any atom is 0.270 e. The van der Waals surface area contributed by atoms with Crippen LogP contribution >= 0.6 is 11.6 Å². The van der Waals surface area contributed by atoms with Gasteiger partial charge >= 0.3 is 0 Å². The molecule has 3 amide bonds. The number of para-hydroxylation sites is 1. The smallest absolute Gasteiger partial charge is 0.270 e. The van der Waals surface area contributed by atoms with Gasteiger partial charge in [-0.1, -0.05) is 71.8 Å². The second-order valence-electron chi connectivity index (χ2n) is 7.60. The molecular weight excluding hydrogens is 452 g/mol. The van der Waals surface area contributed by atoms with E-state index in [0.717, 1.165) is 11.1 Å². The minimum Gasteiger partial charge on any atom is -0.343 e. The topological polar surface area (TPSA) is 100 Å². The van der Waals surface area contributed by atoms with Crippen molar-refractivity contribution in [3.05, 3.63) is 101 Å². The molecule has 0 aliphatic carbocycles. The lowest BCUT2D eigenvalue weighted by molar-refractivity contribution is -0.120. The molecule has 4 rings (SSSR count). The summed E-state index contributed by atoms with van der Waals surface area (Å²) in [6.45, 7) is 1.66. The first-order valence-corrected chi connectivity index (χ1v) is 10.9. The molecule has 0 spiro atoms. The Labute approximate surface area is 201 Å². The van der Waals surface area contributed by atoms with Crippen molar-refractivity contribution in [3.63, 3.8) is 0 Å². The first-order chi connectivity index (χ1) is 16.4. The third kappa shape index (κ3) is 5.22. The molecule has 0 unspecified atom stereocenters. The van der Waals surface area contributed by atoms with Crippen LogP contribution in [0.3, 0.4) is 0 Å². The minimum atomic E-state index is -0.592. The highest BCUT2D eigenvalue weighted by Crippen LogP contribution is 2.25. The first-order valence-electron chi connectivity index (χ1n) is 10.5. The minimum absolute atomic E-state index is 0.257. The van der Waals surface area contributed by atoms with Crippen LogP contribution in [0, 0.1) is 6.92 Å². The number of hydrazine groups is 1. The van der Waals surface area contributed by atoms with Crippen molar-refractivity contribution < 1.29 is 14.4 Å². The monoisotopic (exact) mass is 472 g/mol. The quantitative estimate of drug-likeness (QED) is 0.381. The molecule has 4 aromatic rings. The number of halogens is 1. The Hall–Kier alpha value is -4.23. The van der Waals surface area contributed by atoms with Crippen LogP contribution in [0.15, 0.2) is 78.9 Å². The predicted octanol–water partition coefficient (Wildman–Crippen LogP) is 4.05. The number of nitrogens with one attached hydrogen (secondary N) is 3. The lowest BCUT2D eigenvalue weighted by Gasteiger charge is -2.12. The third-order valence-corrected chi connectivity index (χ3v) is 5.48. The van der Waals surface area contributed by atoms with Gasteiger partial charge in [0.1, 0.15) is 0 Å². The molecule has 3 aromatic carbocycles. The fraction of sp³-hybridized carbons (Fsp3) is 0.0769. The third-order valence-electron chi connectivity index (χ3n) is 5.15. The summed E-state index contributed by atoms with van der Waals surface area (Å²) < 4.78 is 0. The van der Waals surface area contributed by atoms with Crippen LogP contribution in [0.4, 0.5) is 0 Å². The Kier molecular flexibility index (Phi) is 6.85. The van der Waals surface area contributed by atoms with E-state index in [9.17, 15) is 14.4 Å². The molecule has 0 fully saturated rings. The summed E-state index contributed by atoms with van der Waals surface area (Å²) in [6.07, 6.45) is 0. The molecule has 0 saturated carbocycles. The van der Waals surface area contributed by atoms with E-state index in [2.05, 4.69) is 21.2 Å². The lowest BCUT2D eigenvalue weighted by atomic mass is 10.0. The molecule has 1 aromatic heterocycles. The van der Waals surface area contributed by atoms with Gasteiger partial charge in [0.25, 0.3) is 17.7 Å². The average Bonchev–Trinajstić information content (AvgIpc) is 2.86. The molecule has 170 valence electrons. The number of fused-ring (bicyclic) bond motifs is 1. The zero-order valence-corrected chi connectivity index (χ0v) is 19.0. The Bertz CT molecular complexity index is 1390. The normalized spacial score (nSPS) is 10.5. The first kappa shape index (κ1) is 22.9. The zero-order valence-electron chi connectivity index (χ0n) is 18.3. The van der Waals surface area contributed by atoms with E-state index in [4.69, 9.17) is 11.6 Å². The van der Waals surface area contributed by atoms with Crippen molar-refractivity contribution in [1.29, 1.82) is 0 Å². The number of rotatable bonds is 5. The largest absolute Gasteiger partial charge is 0.343 e. The van der Waals surface area contributed by atoms with Gasteiger partial charge in [-0.15, -0.1) is 0 Å². The average molecular weight is 473 g/mol. The maximum absolute atomic E-state index is 12.9. The fourth-order valence-corrected chi connectivity index (χ4v) is 3.60. The second kappa shape index (κ2) is 10.1. The fourth-order valence-electron chi connectivity index (χ4n) is 3.37. The molecule has 7 nitrogen and oxygen atoms in total. The van der Waals surface area contributed by atoms with Crippen LogP contribution in [-0.4, -0.2) is 29.3 Å². The number of carbonyl (C=O) groups excluding carboxylic acids is 3. The molecule has 1 heterocycles. The number of nitrogens with zero attached hydrogens (tertiary/aromatic N) is 1. The molecule has 0 atom stereocenters. The van der Waals surface area contributed by atoms with Gasteiger partial charge in [-0.25, -0.2) is 4.98 Å². The number of hydrogen-bond acceptors (Lipinski definition) is 4. The molecule has 0 aliphatic heterocycles. The summed E-state index contributed by atoms with van der Waals surface area (Å²) in [5, 5.41) is 3.40. The molecule has 0 saturated heterocycles. The highest BCUT2D eigenvalue weighted by atomic mass is 35.5. The summed E-state index contributed by atoms with van der Waals surface area (Å²) in [5.74, 6) is -1.58. The number of hydrogen-bond donors (Lipinski definition) is 3. The van der Waals surface area contributed by atoms with Gasteiger partial charge in [-0.3, -0.25) is 25.2 Å². The van der Waals surface area contributed by atoms with Gasteiger partial charge in [0.15, 0.2) is 0 Å². The van der Waals surface area contributed by atoms with E-state index >= 15 is 0 Å². The Morgan fingerprint density at radius 2 is 1.53 bits per heavy atom. The summed E-state index contributed by atoms with van der Waals surface area (Å²) in [6, 6.07) is 23.3. The van der Waals surface area contributed by atoms with Gasteiger partial charge in [-0.2, -0.15) is 0 Å². The van der Waals surface area contributed by atoms with Gasteiger partial charge < -0.3 is 5.32 Å². The van der Waals surface area contributed by atoms with E-state index in [1.54, 1.807) is 36.4 Å². The van der Waals surface area contributed by atoms with Gasteiger partial charge in [0, 0.05) is 10.9 Å². The second-order valence-corrected chi connectivity index (χ2v) is 8.01. The van der Waals surface area contributed by atoms with Crippen molar-refractivity contribution in [2.75, 3.05) is 6.54 Å². The molecule has 3 N–H and O–H groups in total. The Morgan fingerprint density at radius 1 is 0.824 bits per heavy atom. The van der Waals surface area contributed by atoms with Gasteiger partial charge in [0.05, 0.1) is 33.9 Å². The van der Waals surface area contributed by atoms with Crippen LogP contribution in [-0.2, 0) is 4.79 Å². The summed E-state index contributed by atoms with van der Waals surface area (Å²) in [7, 11) is 0. The summed E-state index contributed by atoms with van der Waals surface area (Å²) >= 11 is 5.99. The zero-order chi connectivity index (χ0) is 24.1. The number of amides is 3. The molecule has 34 heavy (non-hydrogen) atoms. The van der Waals surface area contributed by atoms with Crippen molar-refractivity contribution >= 4 is 40.2 Å². The van der Waals surface area contributed by atoms with Crippen molar-refractivity contribution in [2.24, 2.45) is 0 Å². The van der Waals surface area contributed by atoms with Crippen LogP contribution in [0.5, 0.6) is 0 Å².